The molecule has 5 rings (SSSR count). The highest BCUT2D eigenvalue weighted by Crippen LogP contribution is 2.56. The largest absolute Gasteiger partial charge is 0.487 e. The third-order valence-electron chi connectivity index (χ3n) is 7.08. The van der Waals surface area contributed by atoms with Crippen molar-refractivity contribution in [1.29, 1.82) is 0 Å². The fourth-order valence-corrected chi connectivity index (χ4v) is 5.58. The minimum atomic E-state index is -1.21. The topological polar surface area (TPSA) is 103 Å². The Bertz CT molecular complexity index is 965. The summed E-state index contributed by atoms with van der Waals surface area (Å²) in [6, 6.07) is 2.82. The van der Waals surface area contributed by atoms with Crippen molar-refractivity contribution in [3.63, 3.8) is 0 Å². The number of carboxylic acid groups (broad SMARTS) is 1. The minimum Gasteiger partial charge on any atom is -0.487 e. The van der Waals surface area contributed by atoms with E-state index in [4.69, 9.17) is 9.57 Å². The van der Waals surface area contributed by atoms with Gasteiger partial charge in [-0.3, -0.25) is 14.5 Å². The van der Waals surface area contributed by atoms with Crippen LogP contribution in [0.5, 0.6) is 5.75 Å². The maximum atomic E-state index is 12.7. The molecule has 1 aromatic rings. The summed E-state index contributed by atoms with van der Waals surface area (Å²) in [7, 11) is 3.47. The SMILES string of the molecule is CON1CC[C@@H](N(C(=O)O)c2ccc3c4c2O[C@H]2C[C@@H](O)C=C[C@@]42CCN(C)C3)C1=O. The molecule has 2 N–H and O–H groups in total. The van der Waals surface area contributed by atoms with E-state index in [1.54, 1.807) is 6.07 Å². The monoisotopic (exact) mass is 429 g/mol. The van der Waals surface area contributed by atoms with Gasteiger partial charge < -0.3 is 19.8 Å². The number of hydroxylamine groups is 2. The summed E-state index contributed by atoms with van der Waals surface area (Å²) in [5.74, 6) is 0.134. The summed E-state index contributed by atoms with van der Waals surface area (Å²) >= 11 is 0. The summed E-state index contributed by atoms with van der Waals surface area (Å²) in [5, 5.41) is 21.5. The number of ether oxygens (including phenoxy) is 1. The number of rotatable bonds is 3. The van der Waals surface area contributed by atoms with Crippen LogP contribution in [-0.4, -0.2) is 77.7 Å². The highest BCUT2D eigenvalue weighted by atomic mass is 16.7. The first kappa shape index (κ1) is 20.3. The van der Waals surface area contributed by atoms with Gasteiger partial charge in [0.2, 0.25) is 0 Å². The zero-order valence-corrected chi connectivity index (χ0v) is 17.7. The van der Waals surface area contributed by atoms with E-state index in [0.29, 0.717) is 30.8 Å². The van der Waals surface area contributed by atoms with Crippen LogP contribution in [0.1, 0.15) is 30.4 Å². The van der Waals surface area contributed by atoms with Gasteiger partial charge in [-0.15, -0.1) is 0 Å². The normalized spacial score (nSPS) is 31.8. The number of benzene rings is 1. The molecule has 3 aliphatic heterocycles. The smallest absolute Gasteiger partial charge is 0.412 e. The molecule has 2 amide bonds. The number of aliphatic hydroxyl groups excluding tert-OH is 1. The van der Waals surface area contributed by atoms with Crippen LogP contribution in [-0.2, 0) is 21.6 Å². The number of carbonyl (C=O) groups excluding carboxylic acids is 1. The Morgan fingerprint density at radius 2 is 2.16 bits per heavy atom. The Morgan fingerprint density at radius 1 is 1.35 bits per heavy atom. The third-order valence-corrected chi connectivity index (χ3v) is 7.08. The number of amides is 2. The van der Waals surface area contributed by atoms with Crippen molar-refractivity contribution < 1.29 is 29.4 Å². The van der Waals surface area contributed by atoms with Crippen molar-refractivity contribution >= 4 is 17.7 Å². The molecule has 0 saturated carbocycles. The second kappa shape index (κ2) is 7.22. The zero-order valence-electron chi connectivity index (χ0n) is 17.7. The average Bonchev–Trinajstić information content (AvgIpc) is 3.21. The molecule has 166 valence electrons. The van der Waals surface area contributed by atoms with E-state index in [1.807, 2.05) is 18.2 Å². The lowest BCUT2D eigenvalue weighted by molar-refractivity contribution is -0.167. The Balaban J connectivity index is 1.66. The second-order valence-electron chi connectivity index (χ2n) is 8.82. The van der Waals surface area contributed by atoms with E-state index in [9.17, 15) is 19.8 Å². The third kappa shape index (κ3) is 2.95. The molecule has 0 aromatic heterocycles. The summed E-state index contributed by atoms with van der Waals surface area (Å²) in [6.45, 7) is 1.91. The maximum Gasteiger partial charge on any atom is 0.412 e. The second-order valence-corrected chi connectivity index (χ2v) is 8.82. The number of carbonyl (C=O) groups is 2. The van der Waals surface area contributed by atoms with Crippen molar-refractivity contribution in [2.75, 3.05) is 32.1 Å². The van der Waals surface area contributed by atoms with Gasteiger partial charge in [-0.05, 0) is 38.1 Å². The quantitative estimate of drug-likeness (QED) is 0.702. The molecular weight excluding hydrogens is 402 g/mol. The van der Waals surface area contributed by atoms with Crippen LogP contribution >= 0.6 is 0 Å². The van der Waals surface area contributed by atoms with E-state index >= 15 is 0 Å². The lowest BCUT2D eigenvalue weighted by Crippen LogP contribution is -2.45. The molecule has 9 heteroatoms. The molecule has 0 radical (unpaired) electrons. The first-order valence-corrected chi connectivity index (χ1v) is 10.6. The Kier molecular flexibility index (Phi) is 4.72. The summed E-state index contributed by atoms with van der Waals surface area (Å²) in [4.78, 5) is 33.6. The molecule has 4 atom stereocenters. The van der Waals surface area contributed by atoms with Crippen LogP contribution in [0.25, 0.3) is 0 Å². The minimum absolute atomic E-state index is 0.278. The fraction of sp³-hybridized carbons (Fsp3) is 0.545. The van der Waals surface area contributed by atoms with Crippen molar-refractivity contribution in [1.82, 2.24) is 9.96 Å². The van der Waals surface area contributed by atoms with Gasteiger partial charge in [-0.2, -0.15) is 0 Å². The van der Waals surface area contributed by atoms with E-state index in [0.717, 1.165) is 35.5 Å². The molecule has 9 nitrogen and oxygen atoms in total. The predicted molar refractivity (Wildman–Crippen MR) is 111 cm³/mol. The predicted octanol–water partition coefficient (Wildman–Crippen LogP) is 1.49. The van der Waals surface area contributed by atoms with Gasteiger partial charge in [0.05, 0.1) is 30.9 Å². The molecule has 3 heterocycles. The summed E-state index contributed by atoms with van der Waals surface area (Å²) in [5.41, 5.74) is 2.04. The zero-order chi connectivity index (χ0) is 21.9. The molecule has 1 spiro atoms. The van der Waals surface area contributed by atoms with Crippen LogP contribution in [0, 0.1) is 0 Å². The van der Waals surface area contributed by atoms with Crippen molar-refractivity contribution in [3.05, 3.63) is 35.4 Å². The van der Waals surface area contributed by atoms with Gasteiger partial charge >= 0.3 is 6.09 Å². The van der Waals surface area contributed by atoms with Gasteiger partial charge in [0.15, 0.2) is 0 Å². The Labute approximate surface area is 180 Å². The van der Waals surface area contributed by atoms with Crippen LogP contribution in [0.4, 0.5) is 10.5 Å². The van der Waals surface area contributed by atoms with Crippen LogP contribution in [0.2, 0.25) is 0 Å². The van der Waals surface area contributed by atoms with Crippen LogP contribution in [0.3, 0.4) is 0 Å². The number of hydrogen-bond acceptors (Lipinski definition) is 6. The Hall–Kier alpha value is -2.62. The molecule has 1 saturated heterocycles. The standard InChI is InChI=1S/C22H27N3O6/c1-23-10-8-22-7-5-14(26)11-17(22)31-19-15(4-3-13(12-23)18(19)22)25(21(28)29)16-6-9-24(30-2)20(16)27/h3-5,7,14,16-17,26H,6,8-12H2,1-2H3,(H,28,29)/t14-,16+,17-,22-/m0/s1. The van der Waals surface area contributed by atoms with E-state index in [2.05, 4.69) is 11.9 Å². The fourth-order valence-electron chi connectivity index (χ4n) is 5.58. The summed E-state index contributed by atoms with van der Waals surface area (Å²) in [6.07, 6.45) is 3.38. The van der Waals surface area contributed by atoms with E-state index in [-0.39, 0.29) is 12.0 Å². The first-order chi connectivity index (χ1) is 14.9. The van der Waals surface area contributed by atoms with Gasteiger partial charge in [-0.25, -0.2) is 9.86 Å². The lowest BCUT2D eigenvalue weighted by Gasteiger charge is -2.35. The highest BCUT2D eigenvalue weighted by molar-refractivity contribution is 5.99. The Morgan fingerprint density at radius 3 is 2.87 bits per heavy atom. The molecule has 1 aromatic carbocycles. The molecule has 4 aliphatic rings. The molecule has 1 aliphatic carbocycles. The van der Waals surface area contributed by atoms with Crippen molar-refractivity contribution in [3.8, 4) is 5.75 Å². The van der Waals surface area contributed by atoms with Crippen molar-refractivity contribution in [2.24, 2.45) is 0 Å². The average molecular weight is 429 g/mol. The van der Waals surface area contributed by atoms with Gasteiger partial charge in [0, 0.05) is 18.5 Å². The number of anilines is 1. The van der Waals surface area contributed by atoms with Gasteiger partial charge in [-0.1, -0.05) is 18.2 Å². The number of hydrogen-bond donors (Lipinski definition) is 2. The highest BCUT2D eigenvalue weighted by Gasteiger charge is 2.53. The van der Waals surface area contributed by atoms with Gasteiger partial charge in [0.1, 0.15) is 17.9 Å². The van der Waals surface area contributed by atoms with Crippen LogP contribution in [0.15, 0.2) is 24.3 Å². The summed E-state index contributed by atoms with van der Waals surface area (Å²) < 4.78 is 6.41. The molecule has 0 bridgehead atoms. The number of nitrogens with zero attached hydrogens (tertiary/aromatic N) is 3. The van der Waals surface area contributed by atoms with E-state index < -0.39 is 23.7 Å². The van der Waals surface area contributed by atoms with E-state index in [1.165, 1.54) is 12.2 Å². The molecule has 0 unspecified atom stereocenters. The molecular formula is C22H27N3O6. The number of aliphatic hydroxyl groups is 1. The first-order valence-electron chi connectivity index (χ1n) is 10.6. The van der Waals surface area contributed by atoms with Gasteiger partial charge in [0.25, 0.3) is 5.91 Å². The lowest BCUT2D eigenvalue weighted by atomic mass is 9.69. The van der Waals surface area contributed by atoms with Crippen LogP contribution < -0.4 is 9.64 Å². The van der Waals surface area contributed by atoms with Crippen molar-refractivity contribution in [2.45, 2.75) is 49.5 Å². The molecule has 31 heavy (non-hydrogen) atoms. The maximum absolute atomic E-state index is 12.7. The molecule has 1 fully saturated rings.